The molecule has 0 amide bonds. The Morgan fingerprint density at radius 3 is 2.52 bits per heavy atom. The van der Waals surface area contributed by atoms with Gasteiger partial charge in [-0.1, -0.05) is 46.3 Å². The molecule has 2 aromatic carbocycles. The third-order valence-corrected chi connectivity index (χ3v) is 3.86. The van der Waals surface area contributed by atoms with E-state index in [4.69, 9.17) is 10.5 Å². The molecule has 1 unspecified atom stereocenters. The summed E-state index contributed by atoms with van der Waals surface area (Å²) in [7, 11) is 0. The molecule has 0 aliphatic rings. The first-order valence-corrected chi connectivity index (χ1v) is 7.65. The van der Waals surface area contributed by atoms with Gasteiger partial charge in [-0.05, 0) is 37.6 Å². The van der Waals surface area contributed by atoms with Crippen LogP contribution in [0.15, 0.2) is 53.0 Å². The van der Waals surface area contributed by atoms with Gasteiger partial charge in [0.1, 0.15) is 18.0 Å². The van der Waals surface area contributed by atoms with Crippen LogP contribution in [0.3, 0.4) is 0 Å². The minimum atomic E-state index is -1.05. The van der Waals surface area contributed by atoms with E-state index in [1.807, 2.05) is 55.5 Å². The Morgan fingerprint density at radius 2 is 1.90 bits per heavy atom. The van der Waals surface area contributed by atoms with Gasteiger partial charge in [-0.3, -0.25) is 0 Å². The summed E-state index contributed by atoms with van der Waals surface area (Å²) in [6, 6.07) is 15.1. The van der Waals surface area contributed by atoms with Gasteiger partial charge in [0.25, 0.3) is 0 Å². The molecule has 2 aromatic rings. The number of halogens is 1. The maximum absolute atomic E-state index is 10.6. The van der Waals surface area contributed by atoms with E-state index in [1.54, 1.807) is 6.92 Å². The van der Waals surface area contributed by atoms with Crippen LogP contribution in [0.25, 0.3) is 0 Å². The van der Waals surface area contributed by atoms with E-state index in [1.165, 1.54) is 0 Å². The molecule has 0 aliphatic carbocycles. The Bertz CT molecular complexity index is 597. The standard InChI is InChI=1S/C17H20BrNO2/c1-12(19)15-10-14(18)8-9-16(15)21-11-17(2,20)13-6-4-3-5-7-13/h3-10,12,20H,11,19H2,1-2H3/t12-,17?/m1/s1. The van der Waals surface area contributed by atoms with Crippen molar-refractivity contribution < 1.29 is 9.84 Å². The van der Waals surface area contributed by atoms with Crippen molar-refractivity contribution >= 4 is 15.9 Å². The number of benzene rings is 2. The van der Waals surface area contributed by atoms with Gasteiger partial charge in [0.05, 0.1) is 0 Å². The molecule has 0 fully saturated rings. The van der Waals surface area contributed by atoms with Gasteiger partial charge in [0.2, 0.25) is 0 Å². The molecule has 21 heavy (non-hydrogen) atoms. The quantitative estimate of drug-likeness (QED) is 0.863. The lowest BCUT2D eigenvalue weighted by Crippen LogP contribution is -2.29. The topological polar surface area (TPSA) is 55.5 Å². The lowest BCUT2D eigenvalue weighted by Gasteiger charge is -2.25. The van der Waals surface area contributed by atoms with Crippen molar-refractivity contribution in [1.82, 2.24) is 0 Å². The lowest BCUT2D eigenvalue weighted by molar-refractivity contribution is 0.00721. The van der Waals surface area contributed by atoms with E-state index in [0.717, 1.165) is 15.6 Å². The Kier molecular flexibility index (Phi) is 5.04. The SMILES string of the molecule is C[C@@H](N)c1cc(Br)ccc1OCC(C)(O)c1ccccc1. The van der Waals surface area contributed by atoms with E-state index < -0.39 is 5.60 Å². The molecule has 4 heteroatoms. The van der Waals surface area contributed by atoms with Crippen LogP contribution in [0.4, 0.5) is 0 Å². The summed E-state index contributed by atoms with van der Waals surface area (Å²) < 4.78 is 6.78. The number of hydrogen-bond acceptors (Lipinski definition) is 3. The molecule has 0 saturated heterocycles. The van der Waals surface area contributed by atoms with Crippen LogP contribution in [-0.2, 0) is 5.60 Å². The second kappa shape index (κ2) is 6.60. The highest BCUT2D eigenvalue weighted by atomic mass is 79.9. The number of rotatable bonds is 5. The van der Waals surface area contributed by atoms with E-state index in [-0.39, 0.29) is 12.6 Å². The van der Waals surface area contributed by atoms with Crippen molar-refractivity contribution in [2.75, 3.05) is 6.61 Å². The third kappa shape index (κ3) is 4.06. The zero-order valence-corrected chi connectivity index (χ0v) is 13.8. The highest BCUT2D eigenvalue weighted by molar-refractivity contribution is 9.10. The molecule has 0 saturated carbocycles. The highest BCUT2D eigenvalue weighted by Crippen LogP contribution is 2.29. The second-order valence-electron chi connectivity index (χ2n) is 5.40. The monoisotopic (exact) mass is 349 g/mol. The summed E-state index contributed by atoms with van der Waals surface area (Å²) >= 11 is 3.43. The maximum Gasteiger partial charge on any atom is 0.124 e. The molecule has 0 bridgehead atoms. The Morgan fingerprint density at radius 1 is 1.24 bits per heavy atom. The lowest BCUT2D eigenvalue weighted by atomic mass is 9.97. The zero-order valence-electron chi connectivity index (χ0n) is 12.2. The summed E-state index contributed by atoms with van der Waals surface area (Å²) in [5.74, 6) is 0.699. The molecule has 112 valence electrons. The average Bonchev–Trinajstić information content (AvgIpc) is 2.47. The first-order chi connectivity index (χ1) is 9.90. The molecule has 3 nitrogen and oxygen atoms in total. The molecule has 2 rings (SSSR count). The Hall–Kier alpha value is -1.36. The van der Waals surface area contributed by atoms with Crippen LogP contribution in [0.2, 0.25) is 0 Å². The van der Waals surface area contributed by atoms with Gasteiger partial charge in [0, 0.05) is 16.1 Å². The molecule has 0 aromatic heterocycles. The van der Waals surface area contributed by atoms with Crippen LogP contribution in [0, 0.1) is 0 Å². The van der Waals surface area contributed by atoms with E-state index in [9.17, 15) is 5.11 Å². The first-order valence-electron chi connectivity index (χ1n) is 6.86. The highest BCUT2D eigenvalue weighted by Gasteiger charge is 2.24. The number of hydrogen-bond donors (Lipinski definition) is 2. The van der Waals surface area contributed by atoms with Gasteiger partial charge < -0.3 is 15.6 Å². The smallest absolute Gasteiger partial charge is 0.124 e. The van der Waals surface area contributed by atoms with Crippen molar-refractivity contribution in [3.05, 3.63) is 64.1 Å². The fraction of sp³-hybridized carbons (Fsp3) is 0.294. The summed E-state index contributed by atoms with van der Waals surface area (Å²) in [6.07, 6.45) is 0. The average molecular weight is 350 g/mol. The van der Waals surface area contributed by atoms with Crippen LogP contribution >= 0.6 is 15.9 Å². The molecule has 3 N–H and O–H groups in total. The van der Waals surface area contributed by atoms with Gasteiger partial charge >= 0.3 is 0 Å². The van der Waals surface area contributed by atoms with Gasteiger partial charge in [-0.15, -0.1) is 0 Å². The molecule has 0 heterocycles. The van der Waals surface area contributed by atoms with Crippen LogP contribution in [-0.4, -0.2) is 11.7 Å². The number of nitrogens with two attached hydrogens (primary N) is 1. The van der Waals surface area contributed by atoms with E-state index >= 15 is 0 Å². The van der Waals surface area contributed by atoms with Crippen LogP contribution in [0.5, 0.6) is 5.75 Å². The van der Waals surface area contributed by atoms with Crippen molar-refractivity contribution in [3.8, 4) is 5.75 Å². The minimum absolute atomic E-state index is 0.140. The van der Waals surface area contributed by atoms with Crippen molar-refractivity contribution in [3.63, 3.8) is 0 Å². The minimum Gasteiger partial charge on any atom is -0.490 e. The fourth-order valence-corrected chi connectivity index (χ4v) is 2.48. The summed E-state index contributed by atoms with van der Waals surface area (Å²) in [4.78, 5) is 0. The summed E-state index contributed by atoms with van der Waals surface area (Å²) in [5.41, 5.74) is 6.65. The Labute approximate surface area is 133 Å². The zero-order chi connectivity index (χ0) is 15.5. The predicted octanol–water partition coefficient (Wildman–Crippen LogP) is 3.76. The van der Waals surface area contributed by atoms with Crippen LogP contribution < -0.4 is 10.5 Å². The fourth-order valence-electron chi connectivity index (χ4n) is 2.11. The molecule has 0 spiro atoms. The Balaban J connectivity index is 2.16. The second-order valence-corrected chi connectivity index (χ2v) is 6.32. The molecule has 2 atom stereocenters. The third-order valence-electron chi connectivity index (χ3n) is 3.37. The first kappa shape index (κ1) is 16.0. The van der Waals surface area contributed by atoms with E-state index in [0.29, 0.717) is 5.75 Å². The summed E-state index contributed by atoms with van der Waals surface area (Å²) in [6.45, 7) is 3.81. The molecule has 0 radical (unpaired) electrons. The van der Waals surface area contributed by atoms with Gasteiger partial charge in [0.15, 0.2) is 0 Å². The number of ether oxygens (including phenoxy) is 1. The molecular weight excluding hydrogens is 330 g/mol. The summed E-state index contributed by atoms with van der Waals surface area (Å²) in [5, 5.41) is 10.6. The van der Waals surface area contributed by atoms with Gasteiger partial charge in [-0.2, -0.15) is 0 Å². The largest absolute Gasteiger partial charge is 0.490 e. The number of aliphatic hydroxyl groups is 1. The van der Waals surface area contributed by atoms with Crippen molar-refractivity contribution in [1.29, 1.82) is 0 Å². The van der Waals surface area contributed by atoms with Gasteiger partial charge in [-0.25, -0.2) is 0 Å². The predicted molar refractivity (Wildman–Crippen MR) is 88.3 cm³/mol. The van der Waals surface area contributed by atoms with E-state index in [2.05, 4.69) is 15.9 Å². The molecular formula is C17H20BrNO2. The van der Waals surface area contributed by atoms with Crippen molar-refractivity contribution in [2.45, 2.75) is 25.5 Å². The van der Waals surface area contributed by atoms with Crippen molar-refractivity contribution in [2.24, 2.45) is 5.73 Å². The normalized spacial score (nSPS) is 15.3. The van der Waals surface area contributed by atoms with Crippen LogP contribution in [0.1, 0.15) is 31.0 Å². The molecule has 0 aliphatic heterocycles. The maximum atomic E-state index is 10.6.